The van der Waals surface area contributed by atoms with Gasteiger partial charge in [0.05, 0.1) is 4.92 Å². The van der Waals surface area contributed by atoms with Crippen molar-refractivity contribution in [1.29, 1.82) is 0 Å². The number of nitro benzene ring substituents is 1. The largest absolute Gasteiger partial charge is 0.508 e. The van der Waals surface area contributed by atoms with Crippen LogP contribution in [0, 0.1) is 10.1 Å². The second-order valence-electron chi connectivity index (χ2n) is 6.37. The molecule has 0 aliphatic carbocycles. The first-order valence-electron chi connectivity index (χ1n) is 8.55. The number of hydrogen-bond acceptors (Lipinski definition) is 5. The summed E-state index contributed by atoms with van der Waals surface area (Å²) in [4.78, 5) is 36.2. The topological polar surface area (TPSA) is 113 Å². The van der Waals surface area contributed by atoms with Crippen LogP contribution in [0.1, 0.15) is 34.3 Å². The number of amides is 2. The number of aromatic hydroxyl groups is 1. The third-order valence-electron chi connectivity index (χ3n) is 4.45. The average molecular weight is 369 g/mol. The molecule has 1 heterocycles. The lowest BCUT2D eigenvalue weighted by Crippen LogP contribution is -2.25. The van der Waals surface area contributed by atoms with Gasteiger partial charge in [0, 0.05) is 49.3 Å². The molecule has 2 amide bonds. The summed E-state index contributed by atoms with van der Waals surface area (Å²) in [5.74, 6) is -0.372. The van der Waals surface area contributed by atoms with Crippen molar-refractivity contribution in [2.24, 2.45) is 0 Å². The Morgan fingerprint density at radius 2 is 2.07 bits per heavy atom. The fourth-order valence-electron chi connectivity index (χ4n) is 3.01. The van der Waals surface area contributed by atoms with Crippen LogP contribution in [0.4, 0.5) is 5.69 Å². The van der Waals surface area contributed by atoms with E-state index < -0.39 is 4.92 Å². The van der Waals surface area contributed by atoms with Crippen LogP contribution >= 0.6 is 0 Å². The van der Waals surface area contributed by atoms with E-state index in [4.69, 9.17) is 0 Å². The Morgan fingerprint density at radius 3 is 2.78 bits per heavy atom. The van der Waals surface area contributed by atoms with Crippen LogP contribution < -0.4 is 5.32 Å². The van der Waals surface area contributed by atoms with Crippen LogP contribution in [-0.2, 0) is 17.9 Å². The lowest BCUT2D eigenvalue weighted by Gasteiger charge is -2.16. The first-order chi connectivity index (χ1) is 12.9. The number of rotatable bonds is 6. The van der Waals surface area contributed by atoms with Gasteiger partial charge in [-0.15, -0.1) is 0 Å². The standard InChI is InChI=1S/C19H19N3O5/c23-17-7-6-16(22(26)27)10-15(17)11-20-19(25)14-4-1-3-13(9-14)12-21-8-2-5-18(21)24/h1,3-4,6-7,9-10,23H,2,5,8,11-12H2,(H,20,25). The number of benzene rings is 2. The van der Waals surface area contributed by atoms with Gasteiger partial charge in [0.1, 0.15) is 5.75 Å². The normalized spacial score (nSPS) is 13.6. The summed E-state index contributed by atoms with van der Waals surface area (Å²) in [5.41, 5.74) is 1.38. The Kier molecular flexibility index (Phi) is 5.35. The first-order valence-corrected chi connectivity index (χ1v) is 8.55. The van der Waals surface area contributed by atoms with E-state index in [1.165, 1.54) is 18.2 Å². The molecule has 2 aromatic rings. The molecule has 0 spiro atoms. The Hall–Kier alpha value is -3.42. The molecular formula is C19H19N3O5. The van der Waals surface area contributed by atoms with E-state index in [1.807, 2.05) is 6.07 Å². The molecule has 1 aliphatic rings. The molecule has 0 radical (unpaired) electrons. The van der Waals surface area contributed by atoms with E-state index in [2.05, 4.69) is 5.32 Å². The van der Waals surface area contributed by atoms with Crippen molar-refractivity contribution < 1.29 is 19.6 Å². The summed E-state index contributed by atoms with van der Waals surface area (Å²) >= 11 is 0. The van der Waals surface area contributed by atoms with Crippen molar-refractivity contribution in [3.63, 3.8) is 0 Å². The number of nitro groups is 1. The Balaban J connectivity index is 1.66. The second-order valence-corrected chi connectivity index (χ2v) is 6.37. The number of hydrogen-bond donors (Lipinski definition) is 2. The Bertz CT molecular complexity index is 897. The minimum atomic E-state index is -0.562. The summed E-state index contributed by atoms with van der Waals surface area (Å²) in [6.45, 7) is 1.15. The van der Waals surface area contributed by atoms with Gasteiger partial charge in [-0.2, -0.15) is 0 Å². The second kappa shape index (κ2) is 7.86. The number of carbonyl (C=O) groups is 2. The number of carbonyl (C=O) groups excluding carboxylic acids is 2. The molecule has 0 atom stereocenters. The molecule has 3 rings (SSSR count). The molecule has 140 valence electrons. The number of phenolic OH excluding ortho intramolecular Hbond substituents is 1. The van der Waals surface area contributed by atoms with Crippen molar-refractivity contribution >= 4 is 17.5 Å². The van der Waals surface area contributed by atoms with E-state index in [1.54, 1.807) is 23.1 Å². The highest BCUT2D eigenvalue weighted by Crippen LogP contribution is 2.23. The van der Waals surface area contributed by atoms with Gasteiger partial charge >= 0.3 is 0 Å². The van der Waals surface area contributed by atoms with Gasteiger partial charge in [0.15, 0.2) is 0 Å². The number of nitrogens with zero attached hydrogens (tertiary/aromatic N) is 2. The highest BCUT2D eigenvalue weighted by atomic mass is 16.6. The third kappa shape index (κ3) is 4.41. The average Bonchev–Trinajstić information content (AvgIpc) is 3.05. The van der Waals surface area contributed by atoms with E-state index >= 15 is 0 Å². The minimum absolute atomic E-state index is 0.0405. The molecule has 1 saturated heterocycles. The van der Waals surface area contributed by atoms with Crippen molar-refractivity contribution in [1.82, 2.24) is 10.2 Å². The lowest BCUT2D eigenvalue weighted by molar-refractivity contribution is -0.384. The molecule has 27 heavy (non-hydrogen) atoms. The van der Waals surface area contributed by atoms with Gasteiger partial charge in [-0.1, -0.05) is 12.1 Å². The molecule has 2 N–H and O–H groups in total. The highest BCUT2D eigenvalue weighted by Gasteiger charge is 2.20. The fourth-order valence-corrected chi connectivity index (χ4v) is 3.01. The molecular weight excluding hydrogens is 350 g/mol. The van der Waals surface area contributed by atoms with Crippen molar-refractivity contribution in [2.75, 3.05) is 6.54 Å². The summed E-state index contributed by atoms with van der Waals surface area (Å²) < 4.78 is 0. The van der Waals surface area contributed by atoms with E-state index in [0.717, 1.165) is 18.5 Å². The third-order valence-corrected chi connectivity index (χ3v) is 4.45. The molecule has 0 bridgehead atoms. The maximum atomic E-state index is 12.4. The van der Waals surface area contributed by atoms with Crippen LogP contribution in [0.15, 0.2) is 42.5 Å². The van der Waals surface area contributed by atoms with Crippen molar-refractivity contribution in [2.45, 2.75) is 25.9 Å². The van der Waals surface area contributed by atoms with Gasteiger partial charge in [-0.25, -0.2) is 0 Å². The van der Waals surface area contributed by atoms with Crippen LogP contribution in [0.5, 0.6) is 5.75 Å². The molecule has 1 fully saturated rings. The Morgan fingerprint density at radius 1 is 1.26 bits per heavy atom. The van der Waals surface area contributed by atoms with Gasteiger partial charge in [-0.05, 0) is 30.2 Å². The predicted octanol–water partition coefficient (Wildman–Crippen LogP) is 2.35. The Labute approximate surface area is 155 Å². The zero-order valence-electron chi connectivity index (χ0n) is 14.6. The van der Waals surface area contributed by atoms with Crippen LogP contribution in [0.3, 0.4) is 0 Å². The van der Waals surface area contributed by atoms with Crippen LogP contribution in [0.25, 0.3) is 0 Å². The maximum absolute atomic E-state index is 12.4. The van der Waals surface area contributed by atoms with E-state index in [-0.39, 0.29) is 35.4 Å². The number of phenols is 1. The molecule has 1 aliphatic heterocycles. The molecule has 2 aromatic carbocycles. The van der Waals surface area contributed by atoms with Gasteiger partial charge in [-0.3, -0.25) is 19.7 Å². The van der Waals surface area contributed by atoms with Crippen LogP contribution in [0.2, 0.25) is 0 Å². The van der Waals surface area contributed by atoms with Gasteiger partial charge in [0.25, 0.3) is 11.6 Å². The van der Waals surface area contributed by atoms with Crippen LogP contribution in [-0.4, -0.2) is 33.3 Å². The highest BCUT2D eigenvalue weighted by molar-refractivity contribution is 5.94. The van der Waals surface area contributed by atoms with Crippen molar-refractivity contribution in [3.8, 4) is 5.75 Å². The zero-order valence-corrected chi connectivity index (χ0v) is 14.6. The summed E-state index contributed by atoms with van der Waals surface area (Å²) in [7, 11) is 0. The first kappa shape index (κ1) is 18.4. The van der Waals surface area contributed by atoms with E-state index in [9.17, 15) is 24.8 Å². The summed E-state index contributed by atoms with van der Waals surface area (Å²) in [6.07, 6.45) is 1.42. The smallest absolute Gasteiger partial charge is 0.270 e. The predicted molar refractivity (Wildman–Crippen MR) is 97.0 cm³/mol. The maximum Gasteiger partial charge on any atom is 0.270 e. The zero-order chi connectivity index (χ0) is 19.4. The molecule has 0 unspecified atom stereocenters. The quantitative estimate of drug-likeness (QED) is 0.599. The minimum Gasteiger partial charge on any atom is -0.508 e. The van der Waals surface area contributed by atoms with Crippen molar-refractivity contribution in [3.05, 3.63) is 69.3 Å². The lowest BCUT2D eigenvalue weighted by atomic mass is 10.1. The number of likely N-dealkylation sites (tertiary alicyclic amines) is 1. The van der Waals surface area contributed by atoms with Gasteiger partial charge < -0.3 is 15.3 Å². The summed E-state index contributed by atoms with van der Waals surface area (Å²) in [6, 6.07) is 10.6. The molecule has 8 nitrogen and oxygen atoms in total. The molecule has 8 heteroatoms. The number of nitrogens with one attached hydrogen (secondary N) is 1. The number of non-ortho nitro benzene ring substituents is 1. The SMILES string of the molecule is O=C(NCc1cc([N+](=O)[O-])ccc1O)c1cccc(CN2CCCC2=O)c1. The monoisotopic (exact) mass is 369 g/mol. The molecule has 0 saturated carbocycles. The fraction of sp³-hybridized carbons (Fsp3) is 0.263. The summed E-state index contributed by atoms with van der Waals surface area (Å²) in [5, 5.41) is 23.3. The van der Waals surface area contributed by atoms with E-state index in [0.29, 0.717) is 18.5 Å². The molecule has 0 aromatic heterocycles. The van der Waals surface area contributed by atoms with Gasteiger partial charge in [0.2, 0.25) is 5.91 Å².